The van der Waals surface area contributed by atoms with Gasteiger partial charge in [-0.15, -0.1) is 0 Å². The minimum absolute atomic E-state index is 0.686. The van der Waals surface area contributed by atoms with Gasteiger partial charge in [0.25, 0.3) is 0 Å². The van der Waals surface area contributed by atoms with Gasteiger partial charge in [-0.05, 0) is 26.7 Å². The summed E-state index contributed by atoms with van der Waals surface area (Å²) in [6.07, 6.45) is 2.81. The Labute approximate surface area is 115 Å². The number of rotatable bonds is 9. The van der Waals surface area contributed by atoms with Crippen molar-refractivity contribution in [3.8, 4) is 0 Å². The molecule has 0 fully saturated rings. The molecule has 0 saturated heterocycles. The Morgan fingerprint density at radius 3 is 2.58 bits per heavy atom. The van der Waals surface area contributed by atoms with E-state index in [1.807, 2.05) is 13.8 Å². The number of nitrogens with two attached hydrogens (primary N) is 1. The van der Waals surface area contributed by atoms with Gasteiger partial charge in [-0.3, -0.25) is 0 Å². The number of aryl methyl sites for hydroxylation is 1. The molecule has 0 atom stereocenters. The van der Waals surface area contributed by atoms with Crippen molar-refractivity contribution in [2.45, 2.75) is 40.0 Å². The molecule has 0 bridgehead atoms. The van der Waals surface area contributed by atoms with Gasteiger partial charge in [0.15, 0.2) is 0 Å². The van der Waals surface area contributed by atoms with Crippen molar-refractivity contribution in [3.05, 3.63) is 11.4 Å². The van der Waals surface area contributed by atoms with Gasteiger partial charge in [-0.1, -0.05) is 6.92 Å². The second kappa shape index (κ2) is 8.66. The molecule has 6 heteroatoms. The maximum atomic E-state index is 5.49. The molecule has 6 nitrogen and oxygen atoms in total. The van der Waals surface area contributed by atoms with Crippen molar-refractivity contribution >= 4 is 11.6 Å². The number of aromatic nitrogens is 2. The Hall–Kier alpha value is -1.40. The zero-order valence-electron chi connectivity index (χ0n) is 12.1. The Kier molecular flexibility index (Phi) is 7.14. The summed E-state index contributed by atoms with van der Waals surface area (Å²) in [5, 5.41) is 3.32. The van der Waals surface area contributed by atoms with E-state index >= 15 is 0 Å². The van der Waals surface area contributed by atoms with Crippen LogP contribution < -0.4 is 16.6 Å². The van der Waals surface area contributed by atoms with E-state index < -0.39 is 0 Å². The molecule has 1 rings (SSSR count). The first-order valence-corrected chi connectivity index (χ1v) is 6.88. The van der Waals surface area contributed by atoms with Crippen molar-refractivity contribution in [1.82, 2.24) is 9.97 Å². The molecule has 0 aliphatic carbocycles. The maximum absolute atomic E-state index is 5.49. The van der Waals surface area contributed by atoms with Crippen LogP contribution in [0.25, 0.3) is 0 Å². The lowest BCUT2D eigenvalue weighted by Gasteiger charge is -2.13. The zero-order valence-corrected chi connectivity index (χ0v) is 12.1. The first kappa shape index (κ1) is 15.7. The van der Waals surface area contributed by atoms with Crippen molar-refractivity contribution in [2.75, 3.05) is 30.5 Å². The Morgan fingerprint density at radius 1 is 1.21 bits per heavy atom. The highest BCUT2D eigenvalue weighted by molar-refractivity contribution is 5.56. The van der Waals surface area contributed by atoms with Crippen LogP contribution in [-0.4, -0.2) is 29.7 Å². The second-order valence-electron chi connectivity index (χ2n) is 4.33. The summed E-state index contributed by atoms with van der Waals surface area (Å²) in [7, 11) is 0. The third-order valence-corrected chi connectivity index (χ3v) is 2.76. The number of nitrogen functional groups attached to an aromatic ring is 1. The maximum Gasteiger partial charge on any atom is 0.148 e. The van der Waals surface area contributed by atoms with Crippen LogP contribution in [0.15, 0.2) is 0 Å². The van der Waals surface area contributed by atoms with E-state index in [1.165, 1.54) is 0 Å². The van der Waals surface area contributed by atoms with Gasteiger partial charge in [-0.25, -0.2) is 15.8 Å². The predicted octanol–water partition coefficient (Wildman–Crippen LogP) is 1.86. The highest BCUT2D eigenvalue weighted by Crippen LogP contribution is 2.19. The average molecular weight is 267 g/mol. The molecule has 0 aliphatic rings. The topological polar surface area (TPSA) is 85.1 Å². The Bertz CT molecular complexity index is 384. The van der Waals surface area contributed by atoms with Crippen LogP contribution in [0.5, 0.6) is 0 Å². The molecule has 0 aliphatic heterocycles. The molecule has 0 aromatic carbocycles. The number of hydrogen-bond donors (Lipinski definition) is 3. The van der Waals surface area contributed by atoms with E-state index in [0.29, 0.717) is 5.82 Å². The lowest BCUT2D eigenvalue weighted by molar-refractivity contribution is 0.147. The molecule has 1 aromatic rings. The first-order valence-electron chi connectivity index (χ1n) is 6.88. The monoisotopic (exact) mass is 267 g/mol. The standard InChI is InChI=1S/C13H25N5O/c1-4-7-11-16-12(10(3)13(17-11)18-14)15-8-6-9-19-5-2/h4-9,14H2,1-3H3,(H2,15,16,17,18). The fourth-order valence-corrected chi connectivity index (χ4v) is 1.74. The Balaban J connectivity index is 2.66. The number of hydrazine groups is 1. The van der Waals surface area contributed by atoms with Gasteiger partial charge < -0.3 is 15.5 Å². The Morgan fingerprint density at radius 2 is 1.95 bits per heavy atom. The number of nitrogens with one attached hydrogen (secondary N) is 2. The number of ether oxygens (including phenoxy) is 1. The predicted molar refractivity (Wildman–Crippen MR) is 78.2 cm³/mol. The van der Waals surface area contributed by atoms with E-state index in [-0.39, 0.29) is 0 Å². The normalized spacial score (nSPS) is 10.5. The van der Waals surface area contributed by atoms with Crippen molar-refractivity contribution in [3.63, 3.8) is 0 Å². The summed E-state index contributed by atoms with van der Waals surface area (Å²) in [5.74, 6) is 7.84. The van der Waals surface area contributed by atoms with Gasteiger partial charge in [0.05, 0.1) is 0 Å². The fourth-order valence-electron chi connectivity index (χ4n) is 1.74. The molecule has 19 heavy (non-hydrogen) atoms. The minimum Gasteiger partial charge on any atom is -0.382 e. The lowest BCUT2D eigenvalue weighted by Crippen LogP contribution is -2.16. The first-order chi connectivity index (χ1) is 9.22. The van der Waals surface area contributed by atoms with Crippen LogP contribution in [0.1, 0.15) is 38.1 Å². The molecular formula is C13H25N5O. The molecule has 0 saturated carbocycles. The third-order valence-electron chi connectivity index (χ3n) is 2.76. The van der Waals surface area contributed by atoms with Crippen LogP contribution in [-0.2, 0) is 11.2 Å². The SMILES string of the molecule is CCCc1nc(NN)c(C)c(NCCCOCC)n1. The molecule has 1 heterocycles. The molecule has 108 valence electrons. The summed E-state index contributed by atoms with van der Waals surface area (Å²) >= 11 is 0. The molecule has 1 aromatic heterocycles. The van der Waals surface area contributed by atoms with Crippen molar-refractivity contribution in [1.29, 1.82) is 0 Å². The average Bonchev–Trinajstić information content (AvgIpc) is 2.41. The van der Waals surface area contributed by atoms with Gasteiger partial charge in [-0.2, -0.15) is 0 Å². The van der Waals surface area contributed by atoms with E-state index in [1.54, 1.807) is 0 Å². The van der Waals surface area contributed by atoms with E-state index in [2.05, 4.69) is 27.6 Å². The van der Waals surface area contributed by atoms with Crippen LogP contribution >= 0.6 is 0 Å². The second-order valence-corrected chi connectivity index (χ2v) is 4.33. The van der Waals surface area contributed by atoms with Crippen LogP contribution in [0.2, 0.25) is 0 Å². The van der Waals surface area contributed by atoms with E-state index in [0.717, 1.165) is 56.2 Å². The summed E-state index contributed by atoms with van der Waals surface area (Å²) in [6, 6.07) is 0. The molecule has 0 spiro atoms. The summed E-state index contributed by atoms with van der Waals surface area (Å²) in [5.41, 5.74) is 3.57. The number of nitrogens with zero attached hydrogens (tertiary/aromatic N) is 2. The van der Waals surface area contributed by atoms with E-state index in [9.17, 15) is 0 Å². The van der Waals surface area contributed by atoms with Crippen LogP contribution in [0.3, 0.4) is 0 Å². The smallest absolute Gasteiger partial charge is 0.148 e. The number of anilines is 2. The third kappa shape index (κ3) is 5.00. The summed E-state index contributed by atoms with van der Waals surface area (Å²) in [6.45, 7) is 8.40. The van der Waals surface area contributed by atoms with Crippen molar-refractivity contribution < 1.29 is 4.74 Å². The molecule has 0 amide bonds. The van der Waals surface area contributed by atoms with Gasteiger partial charge in [0, 0.05) is 31.7 Å². The zero-order chi connectivity index (χ0) is 14.1. The quantitative estimate of drug-likeness (QED) is 0.360. The van der Waals surface area contributed by atoms with Crippen LogP contribution in [0, 0.1) is 6.92 Å². The highest BCUT2D eigenvalue weighted by atomic mass is 16.5. The molecular weight excluding hydrogens is 242 g/mol. The number of hydrogen-bond acceptors (Lipinski definition) is 6. The van der Waals surface area contributed by atoms with Crippen LogP contribution in [0.4, 0.5) is 11.6 Å². The van der Waals surface area contributed by atoms with Gasteiger partial charge >= 0.3 is 0 Å². The lowest BCUT2D eigenvalue weighted by atomic mass is 10.2. The molecule has 0 unspecified atom stereocenters. The van der Waals surface area contributed by atoms with Crippen molar-refractivity contribution in [2.24, 2.45) is 5.84 Å². The van der Waals surface area contributed by atoms with E-state index in [4.69, 9.17) is 10.6 Å². The summed E-state index contributed by atoms with van der Waals surface area (Å²) < 4.78 is 5.30. The van der Waals surface area contributed by atoms with Gasteiger partial charge in [0.1, 0.15) is 17.5 Å². The highest BCUT2D eigenvalue weighted by Gasteiger charge is 2.09. The fraction of sp³-hybridized carbons (Fsp3) is 0.692. The molecule has 4 N–H and O–H groups in total. The minimum atomic E-state index is 0.686. The summed E-state index contributed by atoms with van der Waals surface area (Å²) in [4.78, 5) is 8.92. The largest absolute Gasteiger partial charge is 0.382 e. The molecule has 0 radical (unpaired) electrons. The van der Waals surface area contributed by atoms with Gasteiger partial charge in [0.2, 0.25) is 0 Å².